The lowest BCUT2D eigenvalue weighted by Gasteiger charge is -2.28. The molecule has 0 atom stereocenters. The summed E-state index contributed by atoms with van der Waals surface area (Å²) >= 11 is 0. The van der Waals surface area contributed by atoms with Crippen LogP contribution in [0.5, 0.6) is 0 Å². The first-order valence-electron chi connectivity index (χ1n) is 23.2. The van der Waals surface area contributed by atoms with Gasteiger partial charge in [-0.15, -0.1) is 0 Å². The third kappa shape index (κ3) is 5.82. The fraction of sp³-hybridized carbons (Fsp3) is 0. The Hall–Kier alpha value is -7.68. The average Bonchev–Trinajstić information content (AvgIpc) is 3.74. The molecule has 0 saturated heterocycles. The molecule has 0 bridgehead atoms. The largest absolute Gasteiger partial charge is 0.455 e. The van der Waals surface area contributed by atoms with E-state index < -0.39 is 24.2 Å². The van der Waals surface area contributed by atoms with Crippen molar-refractivity contribution in [2.75, 3.05) is 4.90 Å². The van der Waals surface area contributed by atoms with E-state index in [1.54, 1.807) is 42.5 Å². The van der Waals surface area contributed by atoms with Crippen LogP contribution < -0.4 is 4.90 Å². The lowest BCUT2D eigenvalue weighted by atomic mass is 9.94. The summed E-state index contributed by atoms with van der Waals surface area (Å²) in [4.78, 5) is 1.39. The molecule has 0 N–H and O–H groups in total. The molecule has 0 aliphatic carbocycles. The van der Waals surface area contributed by atoms with Crippen molar-refractivity contribution in [3.8, 4) is 44.5 Å². The number of anilines is 3. The minimum absolute atomic E-state index is 0.0898. The van der Waals surface area contributed by atoms with Crippen molar-refractivity contribution in [3.63, 3.8) is 0 Å². The molecule has 0 radical (unpaired) electrons. The molecule has 0 fully saturated rings. The Labute approximate surface area is 348 Å². The summed E-state index contributed by atoms with van der Waals surface area (Å²) in [6, 6.07) is 52.5. The molecule has 0 aliphatic rings. The summed E-state index contributed by atoms with van der Waals surface area (Å²) in [6.07, 6.45) is 0. The van der Waals surface area contributed by atoms with Crippen molar-refractivity contribution in [1.29, 1.82) is 0 Å². The van der Waals surface area contributed by atoms with E-state index in [2.05, 4.69) is 0 Å². The zero-order valence-corrected chi connectivity index (χ0v) is 31.1. The van der Waals surface area contributed by atoms with Crippen molar-refractivity contribution < 1.29 is 15.4 Å². The number of furan rings is 1. The normalized spacial score (nSPS) is 13.4. The number of hydrogen-bond acceptors (Lipinski definition) is 2. The van der Waals surface area contributed by atoms with Crippen LogP contribution in [-0.2, 0) is 0 Å². The van der Waals surface area contributed by atoms with E-state index in [4.69, 9.17) is 4.42 Å². The van der Waals surface area contributed by atoms with Gasteiger partial charge < -0.3 is 9.32 Å². The number of nitrogens with zero attached hydrogens (tertiary/aromatic N) is 1. The standard InChI is InChI=1S/C56H37NO/c1-2-13-38(14-3-1)39-27-31-44(32-28-39)57(45-33-29-40(30-34-45)42-17-10-18-43(37-42)47-22-11-16-41-15-4-5-19-46(41)47)54-25-8-6-20-50(54)48-23-12-24-52-49(48)35-36-53-51-21-7-9-26-55(51)58-56(52)53/h1-37H/i27D,28D,29D,30D,31D,32D,33D,34D. The van der Waals surface area contributed by atoms with E-state index in [1.807, 2.05) is 133 Å². The van der Waals surface area contributed by atoms with Gasteiger partial charge in [0.2, 0.25) is 0 Å². The van der Waals surface area contributed by atoms with Crippen LogP contribution in [0.4, 0.5) is 17.1 Å². The third-order valence-corrected chi connectivity index (χ3v) is 10.8. The van der Waals surface area contributed by atoms with E-state index >= 15 is 0 Å². The van der Waals surface area contributed by atoms with Crippen molar-refractivity contribution >= 4 is 60.5 Å². The SMILES string of the molecule is [2H]c1c([2H])c(N(c2ccccc2-c2cccc3c2ccc2c4ccccc4oc32)c2c([2H])c([2H])c(-c3cccc(-c4cccc5ccccc45)c3)c([2H])c2[2H])c([2H])c([2H])c1-c1ccccc1. The van der Waals surface area contributed by atoms with Gasteiger partial charge in [0.15, 0.2) is 0 Å². The number of para-hydroxylation sites is 2. The summed E-state index contributed by atoms with van der Waals surface area (Å²) in [5.74, 6) is 0. The van der Waals surface area contributed by atoms with Crippen molar-refractivity contribution in [2.45, 2.75) is 0 Å². The van der Waals surface area contributed by atoms with Crippen LogP contribution in [0.2, 0.25) is 0 Å². The molecule has 2 heteroatoms. The van der Waals surface area contributed by atoms with Gasteiger partial charge in [0.05, 0.1) is 16.7 Å². The highest BCUT2D eigenvalue weighted by molar-refractivity contribution is 6.18. The van der Waals surface area contributed by atoms with Crippen LogP contribution >= 0.6 is 0 Å². The highest BCUT2D eigenvalue weighted by Gasteiger charge is 2.20. The fourth-order valence-electron chi connectivity index (χ4n) is 8.07. The number of rotatable bonds is 7. The van der Waals surface area contributed by atoms with E-state index in [9.17, 15) is 11.0 Å². The second-order valence-electron chi connectivity index (χ2n) is 14.2. The van der Waals surface area contributed by atoms with E-state index in [1.165, 1.54) is 4.90 Å². The minimum Gasteiger partial charge on any atom is -0.455 e. The maximum absolute atomic E-state index is 9.79. The van der Waals surface area contributed by atoms with Crippen molar-refractivity contribution in [2.24, 2.45) is 0 Å². The quantitative estimate of drug-likeness (QED) is 0.161. The van der Waals surface area contributed by atoms with Gasteiger partial charge >= 0.3 is 0 Å². The predicted octanol–water partition coefficient (Wildman–Crippen LogP) is 16.0. The van der Waals surface area contributed by atoms with Gasteiger partial charge in [-0.2, -0.15) is 0 Å². The molecule has 11 rings (SSSR count). The van der Waals surface area contributed by atoms with Gasteiger partial charge in [-0.1, -0.05) is 176 Å². The van der Waals surface area contributed by atoms with Crippen LogP contribution in [0.3, 0.4) is 0 Å². The second-order valence-corrected chi connectivity index (χ2v) is 14.2. The molecule has 1 heterocycles. The Morgan fingerprint density at radius 1 is 0.345 bits per heavy atom. The van der Waals surface area contributed by atoms with Gasteiger partial charge in [0, 0.05) is 33.1 Å². The van der Waals surface area contributed by atoms with Gasteiger partial charge in [-0.3, -0.25) is 0 Å². The lowest BCUT2D eigenvalue weighted by molar-refractivity contribution is 0.672. The molecule has 10 aromatic carbocycles. The Bertz CT molecular complexity index is 3710. The zero-order chi connectivity index (χ0) is 45.4. The number of fused-ring (bicyclic) bond motifs is 6. The fourth-order valence-corrected chi connectivity index (χ4v) is 8.07. The molecule has 0 aliphatic heterocycles. The molecule has 11 aromatic rings. The zero-order valence-electron chi connectivity index (χ0n) is 39.1. The topological polar surface area (TPSA) is 16.4 Å². The Kier molecular flexibility index (Phi) is 6.38. The maximum atomic E-state index is 9.79. The van der Waals surface area contributed by atoms with Gasteiger partial charge in [-0.25, -0.2) is 0 Å². The molecule has 1 aromatic heterocycles. The highest BCUT2D eigenvalue weighted by Crippen LogP contribution is 2.45. The number of benzene rings is 10. The Morgan fingerprint density at radius 2 is 0.879 bits per heavy atom. The molecule has 272 valence electrons. The minimum atomic E-state index is -0.415. The van der Waals surface area contributed by atoms with Crippen LogP contribution in [0.25, 0.3) is 88.0 Å². The van der Waals surface area contributed by atoms with E-state index in [0.29, 0.717) is 28.0 Å². The van der Waals surface area contributed by atoms with Crippen LogP contribution in [0, 0.1) is 0 Å². The monoisotopic (exact) mass is 747 g/mol. The van der Waals surface area contributed by atoms with Crippen LogP contribution in [0.1, 0.15) is 11.0 Å². The Morgan fingerprint density at radius 3 is 1.71 bits per heavy atom. The molecular formula is C56H37NO. The smallest absolute Gasteiger partial charge is 0.143 e. The van der Waals surface area contributed by atoms with Crippen LogP contribution in [-0.4, -0.2) is 0 Å². The molecule has 0 spiro atoms. The average molecular weight is 748 g/mol. The van der Waals surface area contributed by atoms with Crippen molar-refractivity contribution in [3.05, 3.63) is 224 Å². The maximum Gasteiger partial charge on any atom is 0.143 e. The Balaban J connectivity index is 1.17. The van der Waals surface area contributed by atoms with Gasteiger partial charge in [-0.05, 0) is 104 Å². The first kappa shape index (κ1) is 26.2. The summed E-state index contributed by atoms with van der Waals surface area (Å²) < 4.78 is 83.3. The summed E-state index contributed by atoms with van der Waals surface area (Å²) in [7, 11) is 0. The van der Waals surface area contributed by atoms with Gasteiger partial charge in [0.1, 0.15) is 11.2 Å². The molecular weight excluding hydrogens is 703 g/mol. The first-order valence-corrected chi connectivity index (χ1v) is 19.2. The third-order valence-electron chi connectivity index (χ3n) is 10.8. The van der Waals surface area contributed by atoms with Crippen molar-refractivity contribution in [1.82, 2.24) is 0 Å². The second kappa shape index (κ2) is 14.1. The predicted molar refractivity (Wildman–Crippen MR) is 245 cm³/mol. The van der Waals surface area contributed by atoms with E-state index in [-0.39, 0.29) is 46.7 Å². The van der Waals surface area contributed by atoms with Gasteiger partial charge in [0.25, 0.3) is 0 Å². The first-order chi connectivity index (χ1) is 32.1. The molecule has 0 unspecified atom stereocenters. The highest BCUT2D eigenvalue weighted by atomic mass is 16.3. The summed E-state index contributed by atoms with van der Waals surface area (Å²) in [5, 5.41) is 5.72. The van der Waals surface area contributed by atoms with E-state index in [0.717, 1.165) is 54.6 Å². The summed E-state index contributed by atoms with van der Waals surface area (Å²) in [5.41, 5.74) is 5.67. The molecule has 2 nitrogen and oxygen atoms in total. The lowest BCUT2D eigenvalue weighted by Crippen LogP contribution is -2.11. The number of hydrogen-bond donors (Lipinski definition) is 0. The molecule has 58 heavy (non-hydrogen) atoms. The summed E-state index contributed by atoms with van der Waals surface area (Å²) in [6.45, 7) is 0. The molecule has 0 saturated carbocycles. The molecule has 0 amide bonds. The van der Waals surface area contributed by atoms with Crippen LogP contribution in [0.15, 0.2) is 229 Å².